The number of hydrogen-bond donors (Lipinski definition) is 1. The van der Waals surface area contributed by atoms with E-state index in [9.17, 15) is 13.6 Å². The molecule has 1 aliphatic rings. The van der Waals surface area contributed by atoms with Crippen LogP contribution in [0.15, 0.2) is 0 Å². The van der Waals surface area contributed by atoms with Gasteiger partial charge < -0.3 is 10.0 Å². The van der Waals surface area contributed by atoms with E-state index in [1.54, 1.807) is 7.05 Å². The molecule has 1 heterocycles. The van der Waals surface area contributed by atoms with Crippen molar-refractivity contribution in [2.75, 3.05) is 20.1 Å². The van der Waals surface area contributed by atoms with Gasteiger partial charge in [-0.05, 0) is 26.4 Å². The van der Waals surface area contributed by atoms with Gasteiger partial charge in [-0.3, -0.25) is 4.79 Å². The minimum Gasteiger partial charge on any atom is -0.481 e. The van der Waals surface area contributed by atoms with Crippen LogP contribution in [-0.4, -0.2) is 42.0 Å². The molecule has 0 aromatic heterocycles. The summed E-state index contributed by atoms with van der Waals surface area (Å²) in [5, 5.41) is 8.35. The van der Waals surface area contributed by atoms with Crippen LogP contribution in [0.4, 0.5) is 8.78 Å². The summed E-state index contributed by atoms with van der Waals surface area (Å²) in [5.41, 5.74) is 0. The zero-order valence-electron chi connectivity index (χ0n) is 8.17. The Bertz CT molecular complexity index is 221. The van der Waals surface area contributed by atoms with Crippen molar-refractivity contribution in [3.63, 3.8) is 0 Å². The van der Waals surface area contributed by atoms with Crippen LogP contribution in [0.2, 0.25) is 0 Å². The van der Waals surface area contributed by atoms with Gasteiger partial charge in [-0.25, -0.2) is 8.78 Å². The van der Waals surface area contributed by atoms with E-state index in [1.807, 2.05) is 4.90 Å². The van der Waals surface area contributed by atoms with Gasteiger partial charge in [-0.15, -0.1) is 0 Å². The Labute approximate surface area is 81.7 Å². The fourth-order valence-corrected chi connectivity index (χ4v) is 1.86. The van der Waals surface area contributed by atoms with Gasteiger partial charge in [0.15, 0.2) is 0 Å². The van der Waals surface area contributed by atoms with E-state index in [0.29, 0.717) is 13.0 Å². The number of likely N-dealkylation sites (tertiary alicyclic amines) is 1. The number of carbonyl (C=O) groups is 1. The number of piperidine rings is 1. The van der Waals surface area contributed by atoms with Crippen molar-refractivity contribution in [3.05, 3.63) is 0 Å². The second-order valence-corrected chi connectivity index (χ2v) is 3.93. The highest BCUT2D eigenvalue weighted by atomic mass is 19.3. The van der Waals surface area contributed by atoms with Crippen molar-refractivity contribution in [2.45, 2.75) is 25.2 Å². The first-order valence-electron chi connectivity index (χ1n) is 4.70. The molecule has 0 bridgehead atoms. The second kappa shape index (κ2) is 4.21. The molecule has 14 heavy (non-hydrogen) atoms. The van der Waals surface area contributed by atoms with E-state index in [4.69, 9.17) is 5.11 Å². The smallest absolute Gasteiger partial charge is 0.309 e. The minimum atomic E-state index is -3.07. The predicted octanol–water partition coefficient (Wildman–Crippen LogP) is 1.44. The standard InChI is InChI=1S/C9H15F2NO2/c1-12-4-2-3-7(6-12)9(10,11)5-8(13)14/h7H,2-6H2,1H3,(H,13,14). The molecule has 82 valence electrons. The van der Waals surface area contributed by atoms with Gasteiger partial charge in [0, 0.05) is 12.5 Å². The quantitative estimate of drug-likeness (QED) is 0.761. The summed E-state index contributed by atoms with van der Waals surface area (Å²) in [6, 6.07) is 0. The van der Waals surface area contributed by atoms with Crippen LogP contribution >= 0.6 is 0 Å². The third-order valence-electron chi connectivity index (χ3n) is 2.61. The van der Waals surface area contributed by atoms with E-state index in [0.717, 1.165) is 13.0 Å². The topological polar surface area (TPSA) is 40.5 Å². The molecule has 0 spiro atoms. The maximum atomic E-state index is 13.3. The minimum absolute atomic E-state index is 0.292. The van der Waals surface area contributed by atoms with Crippen molar-refractivity contribution in [1.82, 2.24) is 4.90 Å². The molecule has 1 unspecified atom stereocenters. The van der Waals surface area contributed by atoms with E-state index in [1.165, 1.54) is 0 Å². The number of rotatable bonds is 3. The van der Waals surface area contributed by atoms with Gasteiger partial charge >= 0.3 is 5.97 Å². The average Bonchev–Trinajstić information content (AvgIpc) is 2.01. The zero-order chi connectivity index (χ0) is 10.8. The van der Waals surface area contributed by atoms with E-state index >= 15 is 0 Å². The molecule has 1 atom stereocenters. The molecule has 0 radical (unpaired) electrons. The normalized spacial score (nSPS) is 24.9. The van der Waals surface area contributed by atoms with Gasteiger partial charge in [-0.1, -0.05) is 0 Å². The molecule has 3 nitrogen and oxygen atoms in total. The van der Waals surface area contributed by atoms with E-state index in [-0.39, 0.29) is 0 Å². The summed E-state index contributed by atoms with van der Waals surface area (Å²) >= 11 is 0. The molecule has 0 saturated carbocycles. The number of halogens is 2. The Balaban J connectivity index is 2.56. The molecule has 1 aliphatic heterocycles. The number of nitrogens with zero attached hydrogens (tertiary/aromatic N) is 1. The van der Waals surface area contributed by atoms with Crippen molar-refractivity contribution in [3.8, 4) is 0 Å². The lowest BCUT2D eigenvalue weighted by Gasteiger charge is -2.34. The SMILES string of the molecule is CN1CCCC(C(F)(F)CC(=O)O)C1. The number of alkyl halides is 2. The highest BCUT2D eigenvalue weighted by molar-refractivity contribution is 5.67. The summed E-state index contributed by atoms with van der Waals surface area (Å²) < 4.78 is 26.7. The van der Waals surface area contributed by atoms with Gasteiger partial charge in [0.05, 0.1) is 0 Å². The van der Waals surface area contributed by atoms with Crippen LogP contribution < -0.4 is 0 Å². The maximum absolute atomic E-state index is 13.3. The first-order valence-corrected chi connectivity index (χ1v) is 4.70. The number of aliphatic carboxylic acids is 1. The van der Waals surface area contributed by atoms with Crippen LogP contribution in [0, 0.1) is 5.92 Å². The number of hydrogen-bond acceptors (Lipinski definition) is 2. The largest absolute Gasteiger partial charge is 0.481 e. The summed E-state index contributed by atoms with van der Waals surface area (Å²) in [4.78, 5) is 12.1. The monoisotopic (exact) mass is 207 g/mol. The molecule has 0 aromatic carbocycles. The molecule has 1 N–H and O–H groups in total. The van der Waals surface area contributed by atoms with Gasteiger partial charge in [0.1, 0.15) is 6.42 Å². The lowest BCUT2D eigenvalue weighted by atomic mass is 9.90. The third-order valence-corrected chi connectivity index (χ3v) is 2.61. The van der Waals surface area contributed by atoms with Crippen LogP contribution in [0.5, 0.6) is 0 Å². The molecule has 1 saturated heterocycles. The Morgan fingerprint density at radius 1 is 1.64 bits per heavy atom. The number of carboxylic acids is 1. The highest BCUT2D eigenvalue weighted by Crippen LogP contribution is 2.34. The van der Waals surface area contributed by atoms with Crippen molar-refractivity contribution < 1.29 is 18.7 Å². The molecule has 0 aliphatic carbocycles. The van der Waals surface area contributed by atoms with E-state index < -0.39 is 24.2 Å². The van der Waals surface area contributed by atoms with Gasteiger partial charge in [-0.2, -0.15) is 0 Å². The summed E-state index contributed by atoms with van der Waals surface area (Å²) in [5.74, 6) is -5.30. The summed E-state index contributed by atoms with van der Waals surface area (Å²) in [6.07, 6.45) is 0.0898. The zero-order valence-corrected chi connectivity index (χ0v) is 8.17. The molecular formula is C9H15F2NO2. The molecule has 1 fully saturated rings. The predicted molar refractivity (Wildman–Crippen MR) is 47.4 cm³/mol. The van der Waals surface area contributed by atoms with Crippen LogP contribution in [0.25, 0.3) is 0 Å². The average molecular weight is 207 g/mol. The lowest BCUT2D eigenvalue weighted by molar-refractivity contribution is -0.151. The third kappa shape index (κ3) is 2.90. The summed E-state index contributed by atoms with van der Waals surface area (Å²) in [7, 11) is 1.78. The van der Waals surface area contributed by atoms with Crippen molar-refractivity contribution in [1.29, 1.82) is 0 Å². The Morgan fingerprint density at radius 3 is 2.79 bits per heavy atom. The Hall–Kier alpha value is -0.710. The molecule has 0 amide bonds. The van der Waals surface area contributed by atoms with Gasteiger partial charge in [0.25, 0.3) is 5.92 Å². The van der Waals surface area contributed by atoms with E-state index in [2.05, 4.69) is 0 Å². The lowest BCUT2D eigenvalue weighted by Crippen LogP contribution is -2.42. The molecule has 5 heteroatoms. The Kier molecular flexibility index (Phi) is 3.42. The van der Waals surface area contributed by atoms with Crippen molar-refractivity contribution >= 4 is 5.97 Å². The fraction of sp³-hybridized carbons (Fsp3) is 0.889. The van der Waals surface area contributed by atoms with Crippen molar-refractivity contribution in [2.24, 2.45) is 5.92 Å². The highest BCUT2D eigenvalue weighted by Gasteiger charge is 2.42. The molecule has 1 rings (SSSR count). The Morgan fingerprint density at radius 2 is 2.29 bits per heavy atom. The summed E-state index contributed by atoms with van der Waals surface area (Å²) in [6.45, 7) is 1.11. The van der Waals surface area contributed by atoms with Crippen LogP contribution in [0.1, 0.15) is 19.3 Å². The van der Waals surface area contributed by atoms with Crippen LogP contribution in [0.3, 0.4) is 0 Å². The molecular weight excluding hydrogens is 192 g/mol. The van der Waals surface area contributed by atoms with Crippen LogP contribution in [-0.2, 0) is 4.79 Å². The second-order valence-electron chi connectivity index (χ2n) is 3.93. The number of carboxylic acid groups (broad SMARTS) is 1. The first kappa shape index (κ1) is 11.4. The fourth-order valence-electron chi connectivity index (χ4n) is 1.86. The molecule has 0 aromatic rings. The maximum Gasteiger partial charge on any atom is 0.309 e. The first-order chi connectivity index (χ1) is 6.42. The van der Waals surface area contributed by atoms with Gasteiger partial charge in [0.2, 0.25) is 0 Å².